The summed E-state index contributed by atoms with van der Waals surface area (Å²) in [5, 5.41) is 7.45. The number of hydrogen-bond acceptors (Lipinski definition) is 3. The quantitative estimate of drug-likeness (QED) is 0.775. The summed E-state index contributed by atoms with van der Waals surface area (Å²) >= 11 is 10.3. The zero-order valence-electron chi connectivity index (χ0n) is 6.25. The summed E-state index contributed by atoms with van der Waals surface area (Å²) in [4.78, 5) is 21.6. The van der Waals surface area contributed by atoms with Crippen LogP contribution < -0.4 is 0 Å². The van der Waals surface area contributed by atoms with E-state index in [0.29, 0.717) is 0 Å². The lowest BCUT2D eigenvalue weighted by molar-refractivity contribution is 0.104. The summed E-state index contributed by atoms with van der Waals surface area (Å²) in [7, 11) is 0. The van der Waals surface area contributed by atoms with Crippen molar-refractivity contribution in [3.8, 4) is 5.75 Å². The van der Waals surface area contributed by atoms with E-state index in [1.54, 1.807) is 0 Å². The van der Waals surface area contributed by atoms with Crippen LogP contribution in [0.5, 0.6) is 5.75 Å². The number of benzene rings is 1. The molecule has 1 aromatic rings. The van der Waals surface area contributed by atoms with Crippen LogP contribution in [0.25, 0.3) is 0 Å². The number of hydrogen-bond donors (Lipinski definition) is 1. The van der Waals surface area contributed by atoms with Crippen molar-refractivity contribution in [2.24, 2.45) is 0 Å². The zero-order valence-corrected chi connectivity index (χ0v) is 7.76. The van der Waals surface area contributed by atoms with Gasteiger partial charge in [0.1, 0.15) is 5.75 Å². The molecule has 0 aromatic heterocycles. The molecular formula is C8H4Cl2O3. The van der Waals surface area contributed by atoms with E-state index in [1.165, 1.54) is 18.2 Å². The van der Waals surface area contributed by atoms with Gasteiger partial charge in [-0.05, 0) is 35.3 Å². The standard InChI is InChI=1S/C8H4Cl2O3/c9-7(12)4-2-1-3-5(11)6(4)8(10)13/h1-3,11H. The third kappa shape index (κ3) is 1.99. The number of aromatic hydroxyl groups is 1. The Morgan fingerprint density at radius 1 is 1.15 bits per heavy atom. The molecule has 68 valence electrons. The van der Waals surface area contributed by atoms with Crippen LogP contribution in [-0.4, -0.2) is 15.6 Å². The van der Waals surface area contributed by atoms with Crippen molar-refractivity contribution in [2.45, 2.75) is 0 Å². The fourth-order valence-corrected chi connectivity index (χ4v) is 1.27. The molecule has 0 unspecified atom stereocenters. The van der Waals surface area contributed by atoms with Gasteiger partial charge < -0.3 is 5.11 Å². The SMILES string of the molecule is O=C(Cl)c1cccc(O)c1C(=O)Cl. The molecule has 0 heterocycles. The van der Waals surface area contributed by atoms with Crippen LogP contribution in [0.15, 0.2) is 18.2 Å². The molecule has 0 spiro atoms. The highest BCUT2D eigenvalue weighted by molar-refractivity contribution is 6.72. The lowest BCUT2D eigenvalue weighted by Crippen LogP contribution is -2.00. The molecule has 1 aromatic carbocycles. The molecule has 0 radical (unpaired) electrons. The number of halogens is 2. The van der Waals surface area contributed by atoms with Crippen molar-refractivity contribution in [1.29, 1.82) is 0 Å². The second-order valence-electron chi connectivity index (χ2n) is 2.25. The topological polar surface area (TPSA) is 54.4 Å². The van der Waals surface area contributed by atoms with Gasteiger partial charge in [-0.3, -0.25) is 9.59 Å². The van der Waals surface area contributed by atoms with Crippen LogP contribution in [0.1, 0.15) is 20.7 Å². The number of carbonyl (C=O) groups excluding carboxylic acids is 2. The average Bonchev–Trinajstić information content (AvgIpc) is 2.02. The number of rotatable bonds is 2. The van der Waals surface area contributed by atoms with E-state index in [4.69, 9.17) is 23.2 Å². The third-order valence-corrected chi connectivity index (χ3v) is 1.84. The lowest BCUT2D eigenvalue weighted by Gasteiger charge is -2.02. The fraction of sp³-hybridized carbons (Fsp3) is 0. The van der Waals surface area contributed by atoms with Gasteiger partial charge in [-0.25, -0.2) is 0 Å². The molecule has 5 heteroatoms. The molecule has 0 fully saturated rings. The van der Waals surface area contributed by atoms with Crippen LogP contribution in [0.3, 0.4) is 0 Å². The summed E-state index contributed by atoms with van der Waals surface area (Å²) < 4.78 is 0. The van der Waals surface area contributed by atoms with Gasteiger partial charge >= 0.3 is 0 Å². The minimum Gasteiger partial charge on any atom is -0.507 e. The maximum Gasteiger partial charge on any atom is 0.256 e. The van der Waals surface area contributed by atoms with E-state index in [9.17, 15) is 14.7 Å². The van der Waals surface area contributed by atoms with Gasteiger partial charge in [0.15, 0.2) is 0 Å². The second-order valence-corrected chi connectivity index (χ2v) is 2.93. The summed E-state index contributed by atoms with van der Waals surface area (Å²) in [5.74, 6) is -0.355. The van der Waals surface area contributed by atoms with Crippen LogP contribution in [-0.2, 0) is 0 Å². The van der Waals surface area contributed by atoms with Gasteiger partial charge in [0.25, 0.3) is 10.5 Å². The van der Waals surface area contributed by atoms with Crippen molar-refractivity contribution in [2.75, 3.05) is 0 Å². The van der Waals surface area contributed by atoms with Crippen LogP contribution >= 0.6 is 23.2 Å². The van der Waals surface area contributed by atoms with Crippen LogP contribution in [0.2, 0.25) is 0 Å². The Morgan fingerprint density at radius 3 is 2.15 bits per heavy atom. The highest BCUT2D eigenvalue weighted by Gasteiger charge is 2.17. The van der Waals surface area contributed by atoms with Crippen molar-refractivity contribution in [1.82, 2.24) is 0 Å². The third-order valence-electron chi connectivity index (χ3n) is 1.45. The van der Waals surface area contributed by atoms with E-state index >= 15 is 0 Å². The first-order valence-electron chi connectivity index (χ1n) is 3.25. The fourth-order valence-electron chi connectivity index (χ4n) is 0.910. The van der Waals surface area contributed by atoms with E-state index in [1.807, 2.05) is 0 Å². The predicted octanol–water partition coefficient (Wildman–Crippen LogP) is 2.15. The second kappa shape index (κ2) is 3.77. The Morgan fingerprint density at radius 2 is 1.77 bits per heavy atom. The highest BCUT2D eigenvalue weighted by atomic mass is 35.5. The van der Waals surface area contributed by atoms with E-state index in [-0.39, 0.29) is 16.9 Å². The molecular weight excluding hydrogens is 215 g/mol. The van der Waals surface area contributed by atoms with Crippen molar-refractivity contribution >= 4 is 33.7 Å². The molecule has 0 aliphatic heterocycles. The monoisotopic (exact) mass is 218 g/mol. The average molecular weight is 219 g/mol. The summed E-state index contributed by atoms with van der Waals surface area (Å²) in [5.41, 5.74) is -0.356. The van der Waals surface area contributed by atoms with Gasteiger partial charge in [0, 0.05) is 5.56 Å². The Bertz CT molecular complexity index is 374. The zero-order chi connectivity index (χ0) is 10.0. The molecule has 13 heavy (non-hydrogen) atoms. The largest absolute Gasteiger partial charge is 0.507 e. The normalized spacial score (nSPS) is 9.69. The van der Waals surface area contributed by atoms with Crippen molar-refractivity contribution < 1.29 is 14.7 Å². The number of carbonyl (C=O) groups is 2. The molecule has 0 aliphatic carbocycles. The summed E-state index contributed by atoms with van der Waals surface area (Å²) in [6.07, 6.45) is 0. The first kappa shape index (κ1) is 10.0. The molecule has 0 atom stereocenters. The molecule has 0 saturated carbocycles. The first-order chi connectivity index (χ1) is 6.04. The molecule has 0 aliphatic rings. The van der Waals surface area contributed by atoms with E-state index < -0.39 is 10.5 Å². The minimum absolute atomic E-state index is 0.0957. The Hall–Kier alpha value is -1.06. The molecule has 1 N–H and O–H groups in total. The number of phenolic OH excluding ortho intramolecular Hbond substituents is 1. The Balaban J connectivity index is 3.43. The van der Waals surface area contributed by atoms with Crippen LogP contribution in [0, 0.1) is 0 Å². The van der Waals surface area contributed by atoms with Gasteiger partial charge in [0.05, 0.1) is 5.56 Å². The van der Waals surface area contributed by atoms with Gasteiger partial charge in [-0.15, -0.1) is 0 Å². The molecule has 0 saturated heterocycles. The predicted molar refractivity (Wildman–Crippen MR) is 48.5 cm³/mol. The highest BCUT2D eigenvalue weighted by Crippen LogP contribution is 2.23. The van der Waals surface area contributed by atoms with Crippen molar-refractivity contribution in [3.05, 3.63) is 29.3 Å². The minimum atomic E-state index is -0.915. The molecule has 1 rings (SSSR count). The van der Waals surface area contributed by atoms with Crippen molar-refractivity contribution in [3.63, 3.8) is 0 Å². The van der Waals surface area contributed by atoms with Crippen LogP contribution in [0.4, 0.5) is 0 Å². The summed E-state index contributed by atoms with van der Waals surface area (Å²) in [6, 6.07) is 3.96. The maximum absolute atomic E-state index is 10.8. The lowest BCUT2D eigenvalue weighted by atomic mass is 10.1. The van der Waals surface area contributed by atoms with E-state index in [0.717, 1.165) is 0 Å². The van der Waals surface area contributed by atoms with Gasteiger partial charge in [-0.2, -0.15) is 0 Å². The summed E-state index contributed by atoms with van der Waals surface area (Å²) in [6.45, 7) is 0. The molecule has 0 amide bonds. The molecule has 3 nitrogen and oxygen atoms in total. The van der Waals surface area contributed by atoms with E-state index in [2.05, 4.69) is 0 Å². The van der Waals surface area contributed by atoms with Gasteiger partial charge in [-0.1, -0.05) is 6.07 Å². The first-order valence-corrected chi connectivity index (χ1v) is 4.01. The smallest absolute Gasteiger partial charge is 0.256 e. The Labute approximate surface area is 83.9 Å². The van der Waals surface area contributed by atoms with Gasteiger partial charge in [0.2, 0.25) is 0 Å². The maximum atomic E-state index is 10.8. The molecule has 0 bridgehead atoms. The number of phenols is 1. The Kier molecular flexibility index (Phi) is 2.90.